The summed E-state index contributed by atoms with van der Waals surface area (Å²) in [5.74, 6) is 0.418. The molecule has 0 saturated heterocycles. The standard InChI is InChI=1S/C13H20N2O3/c1-2-11(7-8-16)15-13(17)9-18-12-5-3-10(14)4-6-12/h3-6,11,16H,2,7-9,14H2,1H3,(H,15,17). The highest BCUT2D eigenvalue weighted by molar-refractivity contribution is 5.77. The van der Waals surface area contributed by atoms with Gasteiger partial charge in [-0.05, 0) is 37.1 Å². The molecule has 0 heterocycles. The molecule has 1 unspecified atom stereocenters. The molecule has 1 amide bonds. The molecule has 0 radical (unpaired) electrons. The van der Waals surface area contributed by atoms with E-state index in [0.29, 0.717) is 17.9 Å². The third kappa shape index (κ3) is 5.05. The Morgan fingerprint density at radius 2 is 2.11 bits per heavy atom. The van der Waals surface area contributed by atoms with E-state index in [9.17, 15) is 4.79 Å². The van der Waals surface area contributed by atoms with Crippen molar-refractivity contribution in [1.29, 1.82) is 0 Å². The van der Waals surface area contributed by atoms with Gasteiger partial charge in [0, 0.05) is 18.3 Å². The molecule has 0 aromatic heterocycles. The van der Waals surface area contributed by atoms with E-state index in [1.807, 2.05) is 6.92 Å². The minimum absolute atomic E-state index is 0.00230. The van der Waals surface area contributed by atoms with E-state index in [1.54, 1.807) is 24.3 Å². The second kappa shape index (κ2) is 7.55. The summed E-state index contributed by atoms with van der Waals surface area (Å²) in [7, 11) is 0. The van der Waals surface area contributed by atoms with E-state index in [-0.39, 0.29) is 25.2 Å². The van der Waals surface area contributed by atoms with Gasteiger partial charge in [0.05, 0.1) is 0 Å². The van der Waals surface area contributed by atoms with Crippen LogP contribution in [0.1, 0.15) is 19.8 Å². The molecule has 18 heavy (non-hydrogen) atoms. The van der Waals surface area contributed by atoms with E-state index in [1.165, 1.54) is 0 Å². The molecule has 0 aliphatic carbocycles. The number of nitrogens with two attached hydrogens (primary N) is 1. The predicted octanol–water partition coefficient (Wildman–Crippen LogP) is 0.925. The summed E-state index contributed by atoms with van der Waals surface area (Å²) in [6.45, 7) is 1.99. The fourth-order valence-electron chi connectivity index (χ4n) is 1.52. The summed E-state index contributed by atoms with van der Waals surface area (Å²) in [6.07, 6.45) is 1.35. The highest BCUT2D eigenvalue weighted by Crippen LogP contribution is 2.12. The zero-order chi connectivity index (χ0) is 13.4. The van der Waals surface area contributed by atoms with Crippen molar-refractivity contribution in [2.45, 2.75) is 25.8 Å². The van der Waals surface area contributed by atoms with Crippen LogP contribution >= 0.6 is 0 Å². The van der Waals surface area contributed by atoms with Crippen molar-refractivity contribution in [1.82, 2.24) is 5.32 Å². The average molecular weight is 252 g/mol. The minimum atomic E-state index is -0.188. The zero-order valence-electron chi connectivity index (χ0n) is 10.6. The minimum Gasteiger partial charge on any atom is -0.484 e. The molecule has 0 aliphatic rings. The third-order valence-corrected chi connectivity index (χ3v) is 2.59. The number of rotatable bonds is 7. The number of benzene rings is 1. The fourth-order valence-corrected chi connectivity index (χ4v) is 1.52. The molecular weight excluding hydrogens is 232 g/mol. The number of aliphatic hydroxyl groups is 1. The summed E-state index contributed by atoms with van der Waals surface area (Å²) in [6, 6.07) is 6.86. The largest absolute Gasteiger partial charge is 0.484 e. The van der Waals surface area contributed by atoms with Crippen molar-refractivity contribution in [3.63, 3.8) is 0 Å². The van der Waals surface area contributed by atoms with Gasteiger partial charge in [0.2, 0.25) is 0 Å². The summed E-state index contributed by atoms with van der Waals surface area (Å²) < 4.78 is 5.32. The van der Waals surface area contributed by atoms with Gasteiger partial charge in [0.25, 0.3) is 5.91 Å². The normalized spacial score (nSPS) is 11.9. The summed E-state index contributed by atoms with van der Waals surface area (Å²) in [4.78, 5) is 11.6. The van der Waals surface area contributed by atoms with Crippen LogP contribution in [0.4, 0.5) is 5.69 Å². The molecule has 0 spiro atoms. The number of nitrogens with one attached hydrogen (secondary N) is 1. The predicted molar refractivity (Wildman–Crippen MR) is 70.3 cm³/mol. The van der Waals surface area contributed by atoms with Gasteiger partial charge in [-0.1, -0.05) is 6.92 Å². The van der Waals surface area contributed by atoms with Crippen LogP contribution in [0.2, 0.25) is 0 Å². The Morgan fingerprint density at radius 3 is 2.67 bits per heavy atom. The van der Waals surface area contributed by atoms with Gasteiger partial charge in [0.15, 0.2) is 6.61 Å². The molecule has 0 saturated carbocycles. The average Bonchev–Trinajstić information content (AvgIpc) is 2.37. The van der Waals surface area contributed by atoms with Gasteiger partial charge < -0.3 is 20.9 Å². The summed E-state index contributed by atoms with van der Waals surface area (Å²) >= 11 is 0. The Hall–Kier alpha value is -1.75. The summed E-state index contributed by atoms with van der Waals surface area (Å²) in [5.41, 5.74) is 6.19. The van der Waals surface area contributed by atoms with Gasteiger partial charge in [-0.2, -0.15) is 0 Å². The van der Waals surface area contributed by atoms with Crippen LogP contribution in [0.15, 0.2) is 24.3 Å². The molecule has 1 rings (SSSR count). The first-order valence-electron chi connectivity index (χ1n) is 6.04. The lowest BCUT2D eigenvalue weighted by Gasteiger charge is -2.15. The Morgan fingerprint density at radius 1 is 1.44 bits per heavy atom. The molecule has 100 valence electrons. The second-order valence-corrected chi connectivity index (χ2v) is 4.04. The van der Waals surface area contributed by atoms with E-state index in [4.69, 9.17) is 15.6 Å². The van der Waals surface area contributed by atoms with E-state index < -0.39 is 0 Å². The summed E-state index contributed by atoms with van der Waals surface area (Å²) in [5, 5.41) is 11.6. The van der Waals surface area contributed by atoms with Gasteiger partial charge in [-0.25, -0.2) is 0 Å². The van der Waals surface area contributed by atoms with E-state index >= 15 is 0 Å². The molecule has 0 aliphatic heterocycles. The molecule has 0 bridgehead atoms. The molecule has 4 N–H and O–H groups in total. The van der Waals surface area contributed by atoms with Crippen molar-refractivity contribution >= 4 is 11.6 Å². The van der Waals surface area contributed by atoms with Crippen LogP contribution in [-0.4, -0.2) is 30.3 Å². The Bertz CT molecular complexity index is 365. The van der Waals surface area contributed by atoms with Crippen LogP contribution in [0.5, 0.6) is 5.75 Å². The van der Waals surface area contributed by atoms with Crippen LogP contribution in [0.3, 0.4) is 0 Å². The third-order valence-electron chi connectivity index (χ3n) is 2.59. The van der Waals surface area contributed by atoms with Gasteiger partial charge >= 0.3 is 0 Å². The second-order valence-electron chi connectivity index (χ2n) is 4.04. The molecule has 1 aromatic rings. The Labute approximate surface area is 107 Å². The molecule has 5 heteroatoms. The monoisotopic (exact) mass is 252 g/mol. The molecule has 0 fully saturated rings. The topological polar surface area (TPSA) is 84.6 Å². The van der Waals surface area contributed by atoms with Crippen molar-refractivity contribution in [2.24, 2.45) is 0 Å². The maximum absolute atomic E-state index is 11.6. The number of carbonyl (C=O) groups is 1. The van der Waals surface area contributed by atoms with E-state index in [0.717, 1.165) is 6.42 Å². The van der Waals surface area contributed by atoms with Crippen LogP contribution in [0.25, 0.3) is 0 Å². The van der Waals surface area contributed by atoms with Crippen molar-refractivity contribution in [3.8, 4) is 5.75 Å². The highest BCUT2D eigenvalue weighted by atomic mass is 16.5. The lowest BCUT2D eigenvalue weighted by Crippen LogP contribution is -2.38. The van der Waals surface area contributed by atoms with Crippen LogP contribution in [0, 0.1) is 0 Å². The number of carbonyl (C=O) groups excluding carboxylic acids is 1. The molecule has 5 nitrogen and oxygen atoms in total. The Balaban J connectivity index is 2.34. The number of nitrogen functional groups attached to an aromatic ring is 1. The van der Waals surface area contributed by atoms with Crippen molar-refractivity contribution in [2.75, 3.05) is 18.9 Å². The number of anilines is 1. The number of ether oxygens (including phenoxy) is 1. The first-order valence-corrected chi connectivity index (χ1v) is 6.04. The van der Waals surface area contributed by atoms with Gasteiger partial charge in [-0.3, -0.25) is 4.79 Å². The first-order chi connectivity index (χ1) is 8.65. The van der Waals surface area contributed by atoms with Crippen molar-refractivity contribution < 1.29 is 14.6 Å². The Kier molecular flexibility index (Phi) is 6.00. The molecule has 1 atom stereocenters. The zero-order valence-corrected chi connectivity index (χ0v) is 10.6. The SMILES string of the molecule is CCC(CCO)NC(=O)COc1ccc(N)cc1. The number of amides is 1. The van der Waals surface area contributed by atoms with Crippen LogP contribution in [-0.2, 0) is 4.79 Å². The van der Waals surface area contributed by atoms with Crippen molar-refractivity contribution in [3.05, 3.63) is 24.3 Å². The lowest BCUT2D eigenvalue weighted by atomic mass is 10.1. The molecular formula is C13H20N2O3. The smallest absolute Gasteiger partial charge is 0.258 e. The number of aliphatic hydroxyl groups excluding tert-OH is 1. The number of hydrogen-bond donors (Lipinski definition) is 3. The molecule has 1 aromatic carbocycles. The van der Waals surface area contributed by atoms with Gasteiger partial charge in [0.1, 0.15) is 5.75 Å². The lowest BCUT2D eigenvalue weighted by molar-refractivity contribution is -0.123. The van der Waals surface area contributed by atoms with Gasteiger partial charge in [-0.15, -0.1) is 0 Å². The quantitative estimate of drug-likeness (QED) is 0.630. The maximum Gasteiger partial charge on any atom is 0.258 e. The fraction of sp³-hybridized carbons (Fsp3) is 0.462. The first kappa shape index (κ1) is 14.3. The van der Waals surface area contributed by atoms with E-state index in [2.05, 4.69) is 5.32 Å². The maximum atomic E-state index is 11.6. The van der Waals surface area contributed by atoms with Crippen LogP contribution < -0.4 is 15.8 Å². The number of hydrogen-bond acceptors (Lipinski definition) is 4. The highest BCUT2D eigenvalue weighted by Gasteiger charge is 2.10.